The zero-order chi connectivity index (χ0) is 16.7. The lowest BCUT2D eigenvalue weighted by Gasteiger charge is -2.24. The predicted molar refractivity (Wildman–Crippen MR) is 76.2 cm³/mol. The fraction of sp³-hybridized carbons (Fsp3) is 0.692. The van der Waals surface area contributed by atoms with Crippen molar-refractivity contribution in [1.82, 2.24) is 14.9 Å². The van der Waals surface area contributed by atoms with Crippen LogP contribution in [0.1, 0.15) is 30.6 Å². The Balaban J connectivity index is 1.79. The van der Waals surface area contributed by atoms with Crippen molar-refractivity contribution >= 4 is 11.7 Å². The minimum absolute atomic E-state index is 0.175. The molecule has 10 nitrogen and oxygen atoms in total. The Bertz CT molecular complexity index is 690. The third kappa shape index (κ3) is 1.59. The molecule has 2 saturated heterocycles. The molecular formula is C13H19N5O5. The second-order valence-electron chi connectivity index (χ2n) is 6.67. The standard InChI is InChI=1S/C13H19N5O5/c1-12(2)13(14)16-9(22)6-10(18(12)13)17(4-15-6)11-8(21)7(20)5(3-19)23-11/h4-5,7-8,11,19-21H,3,14H2,1-2H3,(H,16,22)/t5-,7-,8-,11-,13?,18?/m1/s1. The Morgan fingerprint density at radius 1 is 1.43 bits per heavy atom. The topological polar surface area (TPSA) is 146 Å². The number of anilines is 1. The molecule has 5 atom stereocenters. The van der Waals surface area contributed by atoms with E-state index in [1.54, 1.807) is 4.90 Å². The van der Waals surface area contributed by atoms with Crippen LogP contribution >= 0.6 is 0 Å². The molecular weight excluding hydrogens is 306 g/mol. The quantitative estimate of drug-likeness (QED) is 0.374. The number of aliphatic hydroxyl groups is 3. The molecule has 126 valence electrons. The highest BCUT2D eigenvalue weighted by atomic mass is 16.6. The number of carbonyl (C=O) groups excluding carboxylic acids is 1. The Labute approximate surface area is 131 Å². The van der Waals surface area contributed by atoms with E-state index in [-0.39, 0.29) is 5.69 Å². The summed E-state index contributed by atoms with van der Waals surface area (Å²) in [4.78, 5) is 18.1. The van der Waals surface area contributed by atoms with Gasteiger partial charge in [0.25, 0.3) is 5.91 Å². The SMILES string of the molecule is CC1(C)N2c3c(ncn3[C@@H]3O[C@H](CO)[C@@H](O)[C@H]3O)C(=O)NC21N. The van der Waals surface area contributed by atoms with Crippen LogP contribution in [0.5, 0.6) is 0 Å². The highest BCUT2D eigenvalue weighted by Gasteiger charge is 2.73. The summed E-state index contributed by atoms with van der Waals surface area (Å²) in [5.74, 6) is -1.01. The number of aromatic nitrogens is 2. The van der Waals surface area contributed by atoms with E-state index in [0.29, 0.717) is 5.82 Å². The number of carbonyl (C=O) groups is 1. The number of hydrogen-bond acceptors (Lipinski definition) is 8. The van der Waals surface area contributed by atoms with Gasteiger partial charge in [-0.2, -0.15) is 0 Å². The van der Waals surface area contributed by atoms with Crippen LogP contribution in [0.4, 0.5) is 5.82 Å². The largest absolute Gasteiger partial charge is 0.394 e. The minimum atomic E-state index is -1.26. The Morgan fingerprint density at radius 3 is 2.74 bits per heavy atom. The van der Waals surface area contributed by atoms with Crippen LogP contribution in [0.15, 0.2) is 6.33 Å². The van der Waals surface area contributed by atoms with Crippen LogP contribution in [0.2, 0.25) is 0 Å². The smallest absolute Gasteiger partial charge is 0.276 e. The van der Waals surface area contributed by atoms with E-state index in [0.717, 1.165) is 0 Å². The van der Waals surface area contributed by atoms with E-state index < -0.39 is 48.4 Å². The van der Waals surface area contributed by atoms with Crippen molar-refractivity contribution in [2.24, 2.45) is 5.73 Å². The maximum absolute atomic E-state index is 12.2. The molecule has 0 aliphatic carbocycles. The number of rotatable bonds is 2. The molecule has 0 radical (unpaired) electrons. The molecule has 1 unspecified atom stereocenters. The molecule has 0 saturated carbocycles. The van der Waals surface area contributed by atoms with Crippen LogP contribution < -0.4 is 16.0 Å². The number of amides is 1. The van der Waals surface area contributed by atoms with Crippen LogP contribution in [-0.4, -0.2) is 67.0 Å². The first-order valence-corrected chi connectivity index (χ1v) is 7.35. The molecule has 4 rings (SSSR count). The fourth-order valence-electron chi connectivity index (χ4n) is 3.52. The maximum Gasteiger partial charge on any atom is 0.276 e. The molecule has 10 heteroatoms. The van der Waals surface area contributed by atoms with Gasteiger partial charge in [-0.05, 0) is 13.8 Å². The molecule has 4 heterocycles. The summed E-state index contributed by atoms with van der Waals surface area (Å²) in [6, 6.07) is 0. The number of hydrogen-bond donors (Lipinski definition) is 5. The summed E-state index contributed by atoms with van der Waals surface area (Å²) in [6.45, 7) is 3.32. The number of aliphatic hydroxyl groups excluding tert-OH is 3. The van der Waals surface area contributed by atoms with Crippen LogP contribution in [0.3, 0.4) is 0 Å². The van der Waals surface area contributed by atoms with Gasteiger partial charge < -0.3 is 30.3 Å². The van der Waals surface area contributed by atoms with E-state index in [4.69, 9.17) is 10.5 Å². The molecule has 1 amide bonds. The minimum Gasteiger partial charge on any atom is -0.394 e. The first kappa shape index (κ1) is 14.8. The van der Waals surface area contributed by atoms with Crippen molar-refractivity contribution in [1.29, 1.82) is 0 Å². The molecule has 0 bridgehead atoms. The van der Waals surface area contributed by atoms with Gasteiger partial charge in [-0.25, -0.2) is 4.98 Å². The average Bonchev–Trinajstić information content (AvgIpc) is 2.84. The number of fused-ring (bicyclic) bond motifs is 3. The number of ether oxygens (including phenoxy) is 1. The third-order valence-corrected chi connectivity index (χ3v) is 5.08. The van der Waals surface area contributed by atoms with Crippen molar-refractivity contribution < 1.29 is 24.9 Å². The lowest BCUT2D eigenvalue weighted by molar-refractivity contribution is -0.0521. The highest BCUT2D eigenvalue weighted by Crippen LogP contribution is 2.53. The van der Waals surface area contributed by atoms with Crippen molar-refractivity contribution in [3.8, 4) is 0 Å². The summed E-state index contributed by atoms with van der Waals surface area (Å²) >= 11 is 0. The normalized spacial score (nSPS) is 40.6. The van der Waals surface area contributed by atoms with Gasteiger partial charge in [-0.3, -0.25) is 15.1 Å². The van der Waals surface area contributed by atoms with E-state index in [1.165, 1.54) is 10.9 Å². The number of nitrogens with one attached hydrogen (secondary N) is 1. The lowest BCUT2D eigenvalue weighted by Crippen LogP contribution is -2.53. The number of nitrogens with two attached hydrogens (primary N) is 1. The maximum atomic E-state index is 12.2. The van der Waals surface area contributed by atoms with Gasteiger partial charge in [0.15, 0.2) is 17.7 Å². The summed E-state index contributed by atoms with van der Waals surface area (Å²) in [6.07, 6.45) is -3.00. The van der Waals surface area contributed by atoms with Gasteiger partial charge in [-0.15, -0.1) is 0 Å². The van der Waals surface area contributed by atoms with Crippen LogP contribution in [0.25, 0.3) is 0 Å². The average molecular weight is 325 g/mol. The zero-order valence-corrected chi connectivity index (χ0v) is 12.7. The lowest BCUT2D eigenvalue weighted by atomic mass is 10.1. The molecule has 2 fully saturated rings. The van der Waals surface area contributed by atoms with Gasteiger partial charge in [0, 0.05) is 0 Å². The molecule has 3 aliphatic rings. The molecule has 0 spiro atoms. The zero-order valence-electron chi connectivity index (χ0n) is 12.7. The molecule has 1 aromatic rings. The first-order valence-electron chi connectivity index (χ1n) is 7.35. The predicted octanol–water partition coefficient (Wildman–Crippen LogP) is -2.55. The molecule has 1 aromatic heterocycles. The molecule has 0 aromatic carbocycles. The van der Waals surface area contributed by atoms with Crippen LogP contribution in [0, 0.1) is 0 Å². The van der Waals surface area contributed by atoms with Gasteiger partial charge in [0.05, 0.1) is 18.5 Å². The Hall–Kier alpha value is -1.72. The number of imidazole rings is 1. The second kappa shape index (κ2) is 4.22. The highest BCUT2D eigenvalue weighted by molar-refractivity contribution is 6.02. The van der Waals surface area contributed by atoms with E-state index >= 15 is 0 Å². The summed E-state index contributed by atoms with van der Waals surface area (Å²) in [5, 5.41) is 32.1. The Kier molecular flexibility index (Phi) is 2.72. The first-order chi connectivity index (χ1) is 10.7. The van der Waals surface area contributed by atoms with Gasteiger partial charge in [-0.1, -0.05) is 0 Å². The summed E-state index contributed by atoms with van der Waals surface area (Å²) in [5.41, 5.74) is 5.88. The summed E-state index contributed by atoms with van der Waals surface area (Å²) < 4.78 is 7.00. The van der Waals surface area contributed by atoms with E-state index in [2.05, 4.69) is 10.3 Å². The van der Waals surface area contributed by atoms with Crippen molar-refractivity contribution in [2.45, 2.75) is 49.7 Å². The van der Waals surface area contributed by atoms with Crippen molar-refractivity contribution in [3.05, 3.63) is 12.0 Å². The third-order valence-electron chi connectivity index (χ3n) is 5.08. The fourth-order valence-corrected chi connectivity index (χ4v) is 3.52. The second-order valence-corrected chi connectivity index (χ2v) is 6.67. The van der Waals surface area contributed by atoms with Gasteiger partial charge >= 0.3 is 0 Å². The monoisotopic (exact) mass is 325 g/mol. The molecule has 6 N–H and O–H groups in total. The van der Waals surface area contributed by atoms with Crippen molar-refractivity contribution in [3.63, 3.8) is 0 Å². The van der Waals surface area contributed by atoms with Gasteiger partial charge in [0.2, 0.25) is 0 Å². The number of nitrogens with zero attached hydrogens (tertiary/aromatic N) is 3. The molecule has 3 aliphatic heterocycles. The van der Waals surface area contributed by atoms with E-state index in [1.807, 2.05) is 13.8 Å². The Morgan fingerprint density at radius 2 is 2.13 bits per heavy atom. The van der Waals surface area contributed by atoms with Crippen molar-refractivity contribution in [2.75, 3.05) is 11.5 Å². The van der Waals surface area contributed by atoms with Gasteiger partial charge in [0.1, 0.15) is 24.1 Å². The molecule has 23 heavy (non-hydrogen) atoms. The summed E-state index contributed by atoms with van der Waals surface area (Å²) in [7, 11) is 0. The van der Waals surface area contributed by atoms with Crippen LogP contribution in [-0.2, 0) is 4.74 Å². The van der Waals surface area contributed by atoms with E-state index in [9.17, 15) is 20.1 Å².